The standard InChI is InChI=1S/Al.K.Na.H2O4S.12H2O.5H/c;;;1-5(2,3)4;;;;;;;;;;;;;;;;;/h;;;(H2,1,2,3,4);12*1H2;;;;;. The summed E-state index contributed by atoms with van der Waals surface area (Å²) in [6, 6.07) is 0. The molecule has 0 radical (unpaired) electrons. The van der Waals surface area contributed by atoms with Crippen LogP contribution in [0.1, 0.15) is 0 Å². The Balaban J connectivity index is -0.000000000762. The molecule has 0 aromatic rings. The van der Waals surface area contributed by atoms with E-state index in [1.165, 1.54) is 0 Å². The molecule has 0 bridgehead atoms. The topological polar surface area (TPSA) is 453 Å². The van der Waals surface area contributed by atoms with Gasteiger partial charge in [-0.15, -0.1) is 0 Å². The molecule has 0 rings (SSSR count). The summed E-state index contributed by atoms with van der Waals surface area (Å²) in [5.41, 5.74) is 0. The van der Waals surface area contributed by atoms with E-state index in [0.29, 0.717) is 0 Å². The number of rotatable bonds is 0. The fourth-order valence-electron chi connectivity index (χ4n) is 0. The molecular weight excluding hydrogens is 377 g/mol. The van der Waals surface area contributed by atoms with E-state index < -0.39 is 10.4 Å². The van der Waals surface area contributed by atoms with E-state index in [9.17, 15) is 0 Å². The van der Waals surface area contributed by atoms with Gasteiger partial charge in [0, 0.05) is 0 Å². The Bertz CT molecular complexity index is 106. The van der Waals surface area contributed by atoms with Crippen LogP contribution in [-0.2, 0) is 10.4 Å². The minimum absolute atomic E-state index is 0. The summed E-state index contributed by atoms with van der Waals surface area (Å²) in [6.45, 7) is 0. The zero-order valence-corrected chi connectivity index (χ0v) is 8.94. The van der Waals surface area contributed by atoms with Crippen LogP contribution < -0.4 is 0 Å². The first-order valence-electron chi connectivity index (χ1n) is 0.698. The van der Waals surface area contributed by atoms with Crippen LogP contribution in [0, 0.1) is 0 Å². The Morgan fingerprint density at radius 3 is 0.500 bits per heavy atom. The molecule has 0 aliphatic heterocycles. The Labute approximate surface area is 189 Å². The van der Waals surface area contributed by atoms with Crippen LogP contribution in [0.4, 0.5) is 0 Å². The molecule has 0 fully saturated rings. The molecule has 0 saturated carbocycles. The second-order valence-electron chi connectivity index (χ2n) is 0.448. The Morgan fingerprint density at radius 2 is 0.500 bits per heavy atom. The molecule has 0 spiro atoms. The Kier molecular flexibility index (Phi) is 1520. The molecule has 0 aliphatic rings. The summed E-state index contributed by atoms with van der Waals surface area (Å²) < 4.78 is 31.6. The van der Waals surface area contributed by atoms with Gasteiger partial charge in [0.15, 0.2) is 17.4 Å². The van der Waals surface area contributed by atoms with Gasteiger partial charge in [-0.25, -0.2) is 0 Å². The quantitative estimate of drug-likeness (QED) is 0.291. The molecule has 138 valence electrons. The van der Waals surface area contributed by atoms with Gasteiger partial charge in [0.2, 0.25) is 0 Å². The van der Waals surface area contributed by atoms with Gasteiger partial charge in [0.05, 0.1) is 0 Å². The molecule has 20 heavy (non-hydrogen) atoms. The van der Waals surface area contributed by atoms with Gasteiger partial charge in [-0.2, -0.15) is 8.42 Å². The van der Waals surface area contributed by atoms with Gasteiger partial charge >= 0.3 is 91.3 Å². The average Bonchev–Trinajstić information content (AvgIpc) is 0.722. The van der Waals surface area contributed by atoms with Gasteiger partial charge < -0.3 is 65.7 Å². The third-order valence-corrected chi connectivity index (χ3v) is 0. The fourth-order valence-corrected chi connectivity index (χ4v) is 0. The van der Waals surface area contributed by atoms with Crippen molar-refractivity contribution in [2.45, 2.75) is 0 Å². The average molecular weight is 408 g/mol. The van der Waals surface area contributed by atoms with E-state index in [0.717, 1.165) is 0 Å². The SMILES string of the molecule is O.O.O.O.O.O.O.O.O.O.O.O.O=S(=O)(O)O.[AlH3].[KH].[NaH]. The van der Waals surface area contributed by atoms with Gasteiger partial charge in [-0.1, -0.05) is 0 Å². The number of hydrogen-bond acceptors (Lipinski definition) is 2. The molecule has 20 heteroatoms. The van der Waals surface area contributed by atoms with Crippen LogP contribution >= 0.6 is 0 Å². The molecule has 0 aromatic carbocycles. The molecule has 0 aromatic heterocycles. The third kappa shape index (κ3) is 1200. The zero-order chi connectivity index (χ0) is 4.50. The molecule has 0 saturated heterocycles. The van der Waals surface area contributed by atoms with Crippen molar-refractivity contribution in [3.63, 3.8) is 0 Å². The van der Waals surface area contributed by atoms with E-state index in [1.54, 1.807) is 0 Å². The van der Waals surface area contributed by atoms with Gasteiger partial charge in [0.1, 0.15) is 0 Å². The van der Waals surface area contributed by atoms with Crippen LogP contribution in [0.15, 0.2) is 0 Å². The summed E-state index contributed by atoms with van der Waals surface area (Å²) in [5, 5.41) is 0. The van der Waals surface area contributed by atoms with E-state index >= 15 is 0 Å². The predicted molar refractivity (Wildman–Crippen MR) is 81.8 cm³/mol. The van der Waals surface area contributed by atoms with Crippen molar-refractivity contribution in [2.24, 2.45) is 0 Å². The van der Waals surface area contributed by atoms with E-state index in [4.69, 9.17) is 17.5 Å². The fraction of sp³-hybridized carbons (Fsp3) is 0. The Morgan fingerprint density at radius 1 is 0.500 bits per heavy atom. The summed E-state index contributed by atoms with van der Waals surface area (Å²) in [6.07, 6.45) is 0. The van der Waals surface area contributed by atoms with Crippen LogP contribution in [0.5, 0.6) is 0 Å². The van der Waals surface area contributed by atoms with E-state index in [2.05, 4.69) is 0 Å². The van der Waals surface area contributed by atoms with Gasteiger partial charge in [0.25, 0.3) is 0 Å². The van der Waals surface area contributed by atoms with Gasteiger partial charge in [-0.3, -0.25) is 9.11 Å². The van der Waals surface area contributed by atoms with Crippen LogP contribution in [0.2, 0.25) is 0 Å². The van der Waals surface area contributed by atoms with E-state index in [-0.39, 0.29) is 164 Å². The van der Waals surface area contributed by atoms with Crippen molar-refractivity contribution in [3.05, 3.63) is 0 Å². The van der Waals surface area contributed by atoms with Crippen molar-refractivity contribution >= 4 is 109 Å². The third-order valence-electron chi connectivity index (χ3n) is 0. The van der Waals surface area contributed by atoms with Gasteiger partial charge in [-0.05, 0) is 0 Å². The molecule has 0 heterocycles. The van der Waals surface area contributed by atoms with Crippen LogP contribution in [-0.4, -0.2) is 182 Å². The maximum atomic E-state index is 8.74. The summed E-state index contributed by atoms with van der Waals surface area (Å²) in [5.74, 6) is 0. The number of hydrogen-bond donors (Lipinski definition) is 2. The second-order valence-corrected chi connectivity index (χ2v) is 1.34. The van der Waals surface area contributed by atoms with E-state index in [1.807, 2.05) is 0 Å². The first kappa shape index (κ1) is 244. The summed E-state index contributed by atoms with van der Waals surface area (Å²) in [4.78, 5) is 0. The van der Waals surface area contributed by atoms with Crippen molar-refractivity contribution in [1.29, 1.82) is 0 Å². The van der Waals surface area contributed by atoms with Crippen LogP contribution in [0.3, 0.4) is 0 Å². The Hall–Kier alpha value is 2.56. The normalized spacial score (nSPS) is 2.90. The van der Waals surface area contributed by atoms with Crippen molar-refractivity contribution < 1.29 is 83.2 Å². The summed E-state index contributed by atoms with van der Waals surface area (Å²) in [7, 11) is -4.67. The van der Waals surface area contributed by atoms with Crippen molar-refractivity contribution in [1.82, 2.24) is 0 Å². The minimum atomic E-state index is -4.67. The second kappa shape index (κ2) is 124. The van der Waals surface area contributed by atoms with Crippen molar-refractivity contribution in [2.75, 3.05) is 0 Å². The molecule has 0 unspecified atom stereocenters. The molecule has 0 amide bonds. The van der Waals surface area contributed by atoms with Crippen molar-refractivity contribution in [3.8, 4) is 0 Å². The monoisotopic (exact) mass is 408 g/mol. The first-order valence-corrected chi connectivity index (χ1v) is 2.10. The molecule has 0 atom stereocenters. The summed E-state index contributed by atoms with van der Waals surface area (Å²) >= 11 is 0. The molecule has 26 N–H and O–H groups in total. The zero-order valence-electron chi connectivity index (χ0n) is 8.12. The maximum absolute atomic E-state index is 8.74. The molecule has 16 nitrogen and oxygen atoms in total. The molecular formula is H31AlKNaO16S. The van der Waals surface area contributed by atoms with Crippen LogP contribution in [0.25, 0.3) is 0 Å². The first-order chi connectivity index (χ1) is 2.00. The molecule has 0 aliphatic carbocycles. The predicted octanol–water partition coefficient (Wildman–Crippen LogP) is -13.0.